The zero-order valence-electron chi connectivity index (χ0n) is 16.1. The minimum atomic E-state index is -0.0185. The Morgan fingerprint density at radius 1 is 1.28 bits per heavy atom. The second-order valence-electron chi connectivity index (χ2n) is 6.48. The summed E-state index contributed by atoms with van der Waals surface area (Å²) in [5.41, 5.74) is 1.20. The van der Waals surface area contributed by atoms with E-state index in [1.54, 1.807) is 19.0 Å². The highest BCUT2D eigenvalue weighted by atomic mass is 16.5. The molecular weight excluding hydrogens is 316 g/mol. The molecule has 1 aromatic rings. The Balaban J connectivity index is 2.57. The van der Waals surface area contributed by atoms with E-state index < -0.39 is 0 Å². The number of nitrogens with one attached hydrogen (secondary N) is 2. The molecule has 1 rings (SSSR count). The van der Waals surface area contributed by atoms with Crippen LogP contribution in [0.2, 0.25) is 0 Å². The number of hydrogen-bond donors (Lipinski definition) is 2. The molecule has 6 nitrogen and oxygen atoms in total. The highest BCUT2D eigenvalue weighted by Gasteiger charge is 2.05. The molecule has 0 bridgehead atoms. The SMILES string of the molecule is CCOc1cccc(CCNC(=NCC(=O)N(C)C)NCC(C)C)c1. The van der Waals surface area contributed by atoms with Crippen molar-refractivity contribution < 1.29 is 9.53 Å². The maximum absolute atomic E-state index is 11.7. The van der Waals surface area contributed by atoms with Crippen molar-refractivity contribution in [1.29, 1.82) is 0 Å². The van der Waals surface area contributed by atoms with E-state index in [0.717, 1.165) is 25.3 Å². The van der Waals surface area contributed by atoms with Crippen molar-refractivity contribution >= 4 is 11.9 Å². The Morgan fingerprint density at radius 3 is 2.68 bits per heavy atom. The minimum absolute atomic E-state index is 0.0185. The Labute approximate surface area is 151 Å². The number of rotatable bonds is 9. The van der Waals surface area contributed by atoms with Crippen molar-refractivity contribution in [2.75, 3.05) is 40.3 Å². The molecule has 0 aromatic heterocycles. The highest BCUT2D eigenvalue weighted by molar-refractivity contribution is 5.84. The minimum Gasteiger partial charge on any atom is -0.494 e. The van der Waals surface area contributed by atoms with Crippen LogP contribution >= 0.6 is 0 Å². The Kier molecular flexibility index (Phi) is 9.43. The largest absolute Gasteiger partial charge is 0.494 e. The van der Waals surface area contributed by atoms with Crippen LogP contribution in [0.4, 0.5) is 0 Å². The summed E-state index contributed by atoms with van der Waals surface area (Å²) >= 11 is 0. The van der Waals surface area contributed by atoms with E-state index in [4.69, 9.17) is 4.74 Å². The average molecular weight is 348 g/mol. The van der Waals surface area contributed by atoms with Crippen molar-refractivity contribution in [3.8, 4) is 5.75 Å². The predicted molar refractivity (Wildman–Crippen MR) is 103 cm³/mol. The van der Waals surface area contributed by atoms with E-state index in [0.29, 0.717) is 18.5 Å². The van der Waals surface area contributed by atoms with E-state index in [1.807, 2.05) is 19.1 Å². The zero-order chi connectivity index (χ0) is 18.7. The molecule has 0 heterocycles. The van der Waals surface area contributed by atoms with E-state index in [1.165, 1.54) is 5.56 Å². The van der Waals surface area contributed by atoms with Crippen LogP contribution in [-0.4, -0.2) is 57.1 Å². The van der Waals surface area contributed by atoms with E-state index >= 15 is 0 Å². The molecule has 25 heavy (non-hydrogen) atoms. The summed E-state index contributed by atoms with van der Waals surface area (Å²) in [6, 6.07) is 8.10. The Morgan fingerprint density at radius 2 is 2.04 bits per heavy atom. The first-order valence-corrected chi connectivity index (χ1v) is 8.86. The number of aliphatic imine (C=N–C) groups is 1. The number of carbonyl (C=O) groups excluding carboxylic acids is 1. The van der Waals surface area contributed by atoms with Crippen LogP contribution in [0.3, 0.4) is 0 Å². The first-order chi connectivity index (χ1) is 11.9. The van der Waals surface area contributed by atoms with Crippen LogP contribution in [0, 0.1) is 5.92 Å². The van der Waals surface area contributed by atoms with Gasteiger partial charge < -0.3 is 20.3 Å². The first kappa shape index (κ1) is 20.8. The third-order valence-electron chi connectivity index (χ3n) is 3.46. The number of hydrogen-bond acceptors (Lipinski definition) is 3. The third kappa shape index (κ3) is 8.98. The molecule has 0 saturated carbocycles. The number of benzene rings is 1. The average Bonchev–Trinajstić information content (AvgIpc) is 2.57. The highest BCUT2D eigenvalue weighted by Crippen LogP contribution is 2.13. The lowest BCUT2D eigenvalue weighted by atomic mass is 10.1. The van der Waals surface area contributed by atoms with Crippen molar-refractivity contribution in [3.63, 3.8) is 0 Å². The van der Waals surface area contributed by atoms with Crippen molar-refractivity contribution in [1.82, 2.24) is 15.5 Å². The molecule has 6 heteroatoms. The Hall–Kier alpha value is -2.24. The molecule has 0 unspecified atom stereocenters. The van der Waals surface area contributed by atoms with Crippen molar-refractivity contribution in [3.05, 3.63) is 29.8 Å². The van der Waals surface area contributed by atoms with Gasteiger partial charge in [-0.2, -0.15) is 0 Å². The van der Waals surface area contributed by atoms with E-state index in [2.05, 4.69) is 41.6 Å². The molecule has 0 saturated heterocycles. The normalized spacial score (nSPS) is 11.4. The molecule has 2 N–H and O–H groups in total. The molecule has 0 spiro atoms. The molecule has 140 valence electrons. The van der Waals surface area contributed by atoms with E-state index in [9.17, 15) is 4.79 Å². The van der Waals surface area contributed by atoms with E-state index in [-0.39, 0.29) is 12.5 Å². The molecular formula is C19H32N4O2. The Bertz CT molecular complexity index is 556. The second-order valence-corrected chi connectivity index (χ2v) is 6.48. The fourth-order valence-electron chi connectivity index (χ4n) is 2.05. The number of guanidine groups is 1. The van der Waals surface area contributed by atoms with Crippen LogP contribution in [0.25, 0.3) is 0 Å². The van der Waals surface area contributed by atoms with Crippen molar-refractivity contribution in [2.45, 2.75) is 27.2 Å². The number of likely N-dealkylation sites (N-methyl/N-ethyl adjacent to an activating group) is 1. The molecule has 0 atom stereocenters. The molecule has 0 aliphatic rings. The van der Waals surface area contributed by atoms with Crippen molar-refractivity contribution in [2.24, 2.45) is 10.9 Å². The van der Waals surface area contributed by atoms with Gasteiger partial charge in [-0.1, -0.05) is 26.0 Å². The van der Waals surface area contributed by atoms with Crippen LogP contribution < -0.4 is 15.4 Å². The summed E-state index contributed by atoms with van der Waals surface area (Å²) in [7, 11) is 3.47. The number of nitrogens with zero attached hydrogens (tertiary/aromatic N) is 2. The molecule has 1 amide bonds. The molecule has 0 aliphatic heterocycles. The van der Waals surface area contributed by atoms with Gasteiger partial charge in [-0.3, -0.25) is 4.79 Å². The fourth-order valence-corrected chi connectivity index (χ4v) is 2.05. The van der Waals surface area contributed by atoms with Gasteiger partial charge in [-0.25, -0.2) is 4.99 Å². The van der Waals surface area contributed by atoms with Gasteiger partial charge >= 0.3 is 0 Å². The smallest absolute Gasteiger partial charge is 0.243 e. The van der Waals surface area contributed by atoms with Crippen LogP contribution in [0.1, 0.15) is 26.3 Å². The van der Waals surface area contributed by atoms with Gasteiger partial charge in [0.2, 0.25) is 5.91 Å². The lowest BCUT2D eigenvalue weighted by molar-refractivity contribution is -0.127. The molecule has 1 aromatic carbocycles. The summed E-state index contributed by atoms with van der Waals surface area (Å²) in [6.07, 6.45) is 0.852. The summed E-state index contributed by atoms with van der Waals surface area (Å²) < 4.78 is 5.53. The topological polar surface area (TPSA) is 66.0 Å². The summed E-state index contributed by atoms with van der Waals surface area (Å²) in [4.78, 5) is 17.6. The fraction of sp³-hybridized carbons (Fsp3) is 0.579. The standard InChI is InChI=1S/C19H32N4O2/c1-6-25-17-9-7-8-16(12-17)10-11-20-19(21-13-15(2)3)22-14-18(24)23(4)5/h7-9,12,15H,6,10-11,13-14H2,1-5H3,(H2,20,21,22). The number of amides is 1. The summed E-state index contributed by atoms with van der Waals surface area (Å²) in [6.45, 7) is 8.59. The van der Waals surface area contributed by atoms with Crippen LogP contribution in [0.5, 0.6) is 5.75 Å². The number of ether oxygens (including phenoxy) is 1. The van der Waals surface area contributed by atoms with Gasteiger partial charge in [0.05, 0.1) is 6.61 Å². The van der Waals surface area contributed by atoms with Gasteiger partial charge in [0, 0.05) is 27.2 Å². The zero-order valence-corrected chi connectivity index (χ0v) is 16.1. The third-order valence-corrected chi connectivity index (χ3v) is 3.46. The van der Waals surface area contributed by atoms with Gasteiger partial charge in [0.25, 0.3) is 0 Å². The number of carbonyl (C=O) groups is 1. The van der Waals surface area contributed by atoms with Crippen LogP contribution in [-0.2, 0) is 11.2 Å². The lowest BCUT2D eigenvalue weighted by Gasteiger charge is -2.15. The maximum Gasteiger partial charge on any atom is 0.243 e. The van der Waals surface area contributed by atoms with Crippen LogP contribution in [0.15, 0.2) is 29.3 Å². The summed E-state index contributed by atoms with van der Waals surface area (Å²) in [5, 5.41) is 6.57. The van der Waals surface area contributed by atoms with Gasteiger partial charge in [-0.05, 0) is 37.0 Å². The maximum atomic E-state index is 11.7. The molecule has 0 radical (unpaired) electrons. The quantitative estimate of drug-likeness (QED) is 0.528. The lowest BCUT2D eigenvalue weighted by Crippen LogP contribution is -2.41. The first-order valence-electron chi connectivity index (χ1n) is 8.86. The van der Waals surface area contributed by atoms with Gasteiger partial charge in [0.1, 0.15) is 12.3 Å². The predicted octanol–water partition coefficient (Wildman–Crippen LogP) is 1.91. The molecule has 0 fully saturated rings. The monoisotopic (exact) mass is 348 g/mol. The molecule has 0 aliphatic carbocycles. The summed E-state index contributed by atoms with van der Waals surface area (Å²) in [5.74, 6) is 2.04. The van der Waals surface area contributed by atoms with Gasteiger partial charge in [0.15, 0.2) is 5.96 Å². The second kappa shape index (κ2) is 11.3. The van der Waals surface area contributed by atoms with Gasteiger partial charge in [-0.15, -0.1) is 0 Å².